The average molecular weight is 315 g/mol. The van der Waals surface area contributed by atoms with E-state index in [4.69, 9.17) is 0 Å². The molecule has 1 heterocycles. The van der Waals surface area contributed by atoms with Crippen LogP contribution in [0.2, 0.25) is 0 Å². The molecule has 0 unspecified atom stereocenters. The fourth-order valence-corrected chi connectivity index (χ4v) is 1.97. The van der Waals surface area contributed by atoms with Crippen molar-refractivity contribution in [2.45, 2.75) is 0 Å². The highest BCUT2D eigenvalue weighted by molar-refractivity contribution is 9.10. The zero-order valence-electron chi connectivity index (χ0n) is 9.07. The molecular formula is C11H8BrFN2O3. The maximum absolute atomic E-state index is 13.0. The van der Waals surface area contributed by atoms with Crippen molar-refractivity contribution in [3.63, 3.8) is 0 Å². The molecule has 1 aromatic carbocycles. The molecule has 0 saturated carbocycles. The van der Waals surface area contributed by atoms with Gasteiger partial charge in [0, 0.05) is 5.56 Å². The largest absolute Gasteiger partial charge is 0.320 e. The first-order valence-corrected chi connectivity index (χ1v) is 5.83. The van der Waals surface area contributed by atoms with Crippen molar-refractivity contribution in [3.8, 4) is 0 Å². The lowest BCUT2D eigenvalue weighted by molar-refractivity contribution is -0.135. The first kappa shape index (κ1) is 12.7. The second kappa shape index (κ2) is 4.85. The molecule has 1 aliphatic heterocycles. The van der Waals surface area contributed by atoms with Crippen LogP contribution in [0.5, 0.6) is 0 Å². The van der Waals surface area contributed by atoms with Crippen molar-refractivity contribution in [2.24, 2.45) is 0 Å². The number of imide groups is 1. The number of carbonyl (C=O) groups is 3. The third kappa shape index (κ3) is 2.56. The van der Waals surface area contributed by atoms with Crippen molar-refractivity contribution >= 4 is 33.7 Å². The van der Waals surface area contributed by atoms with Gasteiger partial charge in [-0.1, -0.05) is 0 Å². The van der Waals surface area contributed by atoms with E-state index in [-0.39, 0.29) is 23.1 Å². The standard InChI is InChI=1S/C11H8BrFN2O3/c12-7-3-6(1-2-8(7)13)11(18)15-4-9(16)14-10(17)5-15/h1-3H,4-5H2,(H,14,16,17). The Kier molecular flexibility index (Phi) is 3.42. The van der Waals surface area contributed by atoms with Crippen LogP contribution in [0, 0.1) is 5.82 Å². The molecule has 7 heteroatoms. The third-order valence-electron chi connectivity index (χ3n) is 2.40. The maximum Gasteiger partial charge on any atom is 0.254 e. The minimum absolute atomic E-state index is 0.154. The summed E-state index contributed by atoms with van der Waals surface area (Å²) in [5, 5.41) is 2.10. The summed E-state index contributed by atoms with van der Waals surface area (Å²) in [6, 6.07) is 3.76. The van der Waals surface area contributed by atoms with Crippen molar-refractivity contribution in [2.75, 3.05) is 13.1 Å². The minimum atomic E-state index is -0.527. The second-order valence-corrected chi connectivity index (χ2v) is 4.62. The van der Waals surface area contributed by atoms with Gasteiger partial charge in [0.2, 0.25) is 11.8 Å². The number of benzene rings is 1. The van der Waals surface area contributed by atoms with Crippen LogP contribution in [-0.4, -0.2) is 35.7 Å². The van der Waals surface area contributed by atoms with Crippen molar-refractivity contribution in [1.29, 1.82) is 0 Å². The predicted molar refractivity (Wildman–Crippen MR) is 63.2 cm³/mol. The van der Waals surface area contributed by atoms with Crippen LogP contribution in [0.15, 0.2) is 22.7 Å². The van der Waals surface area contributed by atoms with Crippen LogP contribution >= 0.6 is 15.9 Å². The zero-order valence-corrected chi connectivity index (χ0v) is 10.7. The van der Waals surface area contributed by atoms with Gasteiger partial charge in [-0.15, -0.1) is 0 Å². The summed E-state index contributed by atoms with van der Waals surface area (Å²) in [6.07, 6.45) is 0. The molecule has 0 atom stereocenters. The zero-order chi connectivity index (χ0) is 13.3. The van der Waals surface area contributed by atoms with Crippen molar-refractivity contribution in [1.82, 2.24) is 10.2 Å². The highest BCUT2D eigenvalue weighted by Gasteiger charge is 2.27. The first-order chi connectivity index (χ1) is 8.47. The minimum Gasteiger partial charge on any atom is -0.320 e. The molecule has 0 aromatic heterocycles. The first-order valence-electron chi connectivity index (χ1n) is 5.04. The van der Waals surface area contributed by atoms with Gasteiger partial charge in [0.1, 0.15) is 18.9 Å². The second-order valence-electron chi connectivity index (χ2n) is 3.76. The fraction of sp³-hybridized carbons (Fsp3) is 0.182. The fourth-order valence-electron chi connectivity index (χ4n) is 1.59. The molecule has 1 fully saturated rings. The Hall–Kier alpha value is -1.76. The number of rotatable bonds is 1. The number of hydrogen-bond acceptors (Lipinski definition) is 3. The quantitative estimate of drug-likeness (QED) is 0.775. The molecule has 0 spiro atoms. The molecule has 2 rings (SSSR count). The Morgan fingerprint density at radius 1 is 1.28 bits per heavy atom. The summed E-state index contributed by atoms with van der Waals surface area (Å²) in [5.41, 5.74) is 0.214. The van der Waals surface area contributed by atoms with Crippen LogP contribution < -0.4 is 5.32 Å². The topological polar surface area (TPSA) is 66.5 Å². The smallest absolute Gasteiger partial charge is 0.254 e. The molecule has 5 nitrogen and oxygen atoms in total. The van der Waals surface area contributed by atoms with Crippen LogP contribution in [0.1, 0.15) is 10.4 Å². The number of amides is 3. The molecule has 1 aromatic rings. The van der Waals surface area contributed by atoms with E-state index in [9.17, 15) is 18.8 Å². The van der Waals surface area contributed by atoms with Crippen LogP contribution in [-0.2, 0) is 9.59 Å². The van der Waals surface area contributed by atoms with E-state index >= 15 is 0 Å². The van der Waals surface area contributed by atoms with Gasteiger partial charge in [-0.3, -0.25) is 19.7 Å². The Bertz CT molecular complexity index is 531. The lowest BCUT2D eigenvalue weighted by atomic mass is 10.2. The van der Waals surface area contributed by atoms with Gasteiger partial charge in [0.25, 0.3) is 5.91 Å². The monoisotopic (exact) mass is 314 g/mol. The molecule has 1 saturated heterocycles. The van der Waals surface area contributed by atoms with Gasteiger partial charge in [-0.05, 0) is 34.1 Å². The Morgan fingerprint density at radius 3 is 2.44 bits per heavy atom. The summed E-state index contributed by atoms with van der Waals surface area (Å²) >= 11 is 2.97. The van der Waals surface area contributed by atoms with E-state index in [0.29, 0.717) is 0 Å². The highest BCUT2D eigenvalue weighted by atomic mass is 79.9. The van der Waals surface area contributed by atoms with Crippen LogP contribution in [0.4, 0.5) is 4.39 Å². The maximum atomic E-state index is 13.0. The molecule has 0 bridgehead atoms. The molecule has 3 amide bonds. The number of hydrogen-bond donors (Lipinski definition) is 1. The predicted octanol–water partition coefficient (Wildman–Crippen LogP) is 0.687. The van der Waals surface area contributed by atoms with Gasteiger partial charge < -0.3 is 4.90 Å². The van der Waals surface area contributed by atoms with Gasteiger partial charge in [-0.25, -0.2) is 4.39 Å². The number of halogens is 2. The van der Waals surface area contributed by atoms with Gasteiger partial charge in [-0.2, -0.15) is 0 Å². The summed E-state index contributed by atoms with van der Waals surface area (Å²) < 4.78 is 13.2. The summed E-state index contributed by atoms with van der Waals surface area (Å²) in [4.78, 5) is 35.4. The highest BCUT2D eigenvalue weighted by Crippen LogP contribution is 2.18. The summed E-state index contributed by atoms with van der Waals surface area (Å²) in [7, 11) is 0. The van der Waals surface area contributed by atoms with Crippen LogP contribution in [0.3, 0.4) is 0 Å². The molecule has 0 aliphatic carbocycles. The third-order valence-corrected chi connectivity index (χ3v) is 3.01. The number of nitrogens with zero attached hydrogens (tertiary/aromatic N) is 1. The SMILES string of the molecule is O=C1CN(C(=O)c2ccc(F)c(Br)c2)CC(=O)N1. The molecule has 18 heavy (non-hydrogen) atoms. The average Bonchev–Trinajstić information content (AvgIpc) is 2.30. The molecule has 0 radical (unpaired) electrons. The van der Waals surface area contributed by atoms with E-state index in [1.807, 2.05) is 0 Å². The van der Waals surface area contributed by atoms with E-state index in [1.54, 1.807) is 0 Å². The molecule has 94 valence electrons. The molecular weight excluding hydrogens is 307 g/mol. The van der Waals surface area contributed by atoms with Crippen molar-refractivity contribution in [3.05, 3.63) is 34.1 Å². The van der Waals surface area contributed by atoms with Crippen LogP contribution in [0.25, 0.3) is 0 Å². The van der Waals surface area contributed by atoms with Gasteiger partial charge in [0.05, 0.1) is 4.47 Å². The Balaban J connectivity index is 2.22. The van der Waals surface area contributed by atoms with E-state index in [2.05, 4.69) is 21.2 Å². The van der Waals surface area contributed by atoms with E-state index < -0.39 is 23.5 Å². The lowest BCUT2D eigenvalue weighted by Crippen LogP contribution is -2.53. The summed E-state index contributed by atoms with van der Waals surface area (Å²) in [6.45, 7) is -0.362. The Morgan fingerprint density at radius 2 is 1.89 bits per heavy atom. The Labute approximate surface area is 110 Å². The number of piperazine rings is 1. The summed E-state index contributed by atoms with van der Waals surface area (Å²) in [5.74, 6) is -2.03. The van der Waals surface area contributed by atoms with E-state index in [1.165, 1.54) is 12.1 Å². The lowest BCUT2D eigenvalue weighted by Gasteiger charge is -2.25. The van der Waals surface area contributed by atoms with Gasteiger partial charge in [0.15, 0.2) is 0 Å². The molecule has 1 aliphatic rings. The molecule has 1 N–H and O–H groups in total. The number of carbonyl (C=O) groups excluding carboxylic acids is 3. The van der Waals surface area contributed by atoms with Gasteiger partial charge >= 0.3 is 0 Å². The van der Waals surface area contributed by atoms with Crippen molar-refractivity contribution < 1.29 is 18.8 Å². The number of nitrogens with one attached hydrogen (secondary N) is 1. The normalized spacial score (nSPS) is 15.6. The van der Waals surface area contributed by atoms with E-state index in [0.717, 1.165) is 11.0 Å².